The molecule has 1 saturated heterocycles. The van der Waals surface area contributed by atoms with Gasteiger partial charge in [-0.05, 0) is 26.0 Å². The van der Waals surface area contributed by atoms with E-state index in [0.717, 1.165) is 21.3 Å². The van der Waals surface area contributed by atoms with E-state index in [4.69, 9.17) is 0 Å². The van der Waals surface area contributed by atoms with Gasteiger partial charge in [0.15, 0.2) is 5.13 Å². The zero-order valence-electron chi connectivity index (χ0n) is 18.3. The number of alkyl halides is 3. The SMILES string of the molecule is Cc1nc(C)c(-c2csc(Nc3ccc(C(=O)N4CCC(=NOCC(F)(F)F)CC4)cn3)n2)s1. The molecule has 0 saturated carbocycles. The molecule has 0 unspecified atom stereocenters. The molecular formula is C21H21F3N6O2S2. The van der Waals surface area contributed by atoms with Crippen LogP contribution in [-0.4, -0.2) is 57.3 Å². The highest BCUT2D eigenvalue weighted by Crippen LogP contribution is 2.32. The predicted molar refractivity (Wildman–Crippen MR) is 125 cm³/mol. The van der Waals surface area contributed by atoms with Crippen LogP contribution in [0.15, 0.2) is 28.9 Å². The first-order valence-corrected chi connectivity index (χ1v) is 12.0. The van der Waals surface area contributed by atoms with Gasteiger partial charge in [0, 0.05) is 37.5 Å². The quantitative estimate of drug-likeness (QED) is 0.459. The van der Waals surface area contributed by atoms with Crippen LogP contribution >= 0.6 is 22.7 Å². The molecule has 1 N–H and O–H groups in total. The summed E-state index contributed by atoms with van der Waals surface area (Å²) in [5.74, 6) is 0.367. The van der Waals surface area contributed by atoms with Crippen molar-refractivity contribution >= 4 is 45.2 Å². The van der Waals surface area contributed by atoms with Crippen molar-refractivity contribution in [2.24, 2.45) is 5.16 Å². The molecule has 0 aromatic carbocycles. The number of oxime groups is 1. The molecular weight excluding hydrogens is 489 g/mol. The summed E-state index contributed by atoms with van der Waals surface area (Å²) in [5, 5.41) is 10.3. The van der Waals surface area contributed by atoms with Crippen LogP contribution in [0.1, 0.15) is 33.9 Å². The van der Waals surface area contributed by atoms with Gasteiger partial charge in [0.05, 0.1) is 32.5 Å². The standard InChI is InChI=1S/C21H21F3N6O2S2/c1-12-18(34-13(2)26-12)16-10-33-20(27-16)28-17-4-3-14(9-25-17)19(31)30-7-5-15(6-8-30)29-32-11-21(22,23)24/h3-4,9-10H,5-8,11H2,1-2H3,(H,25,27,28). The Bertz CT molecular complexity index is 1180. The first-order chi connectivity index (χ1) is 16.2. The predicted octanol–water partition coefficient (Wildman–Crippen LogP) is 5.19. The van der Waals surface area contributed by atoms with Crippen molar-refractivity contribution in [2.75, 3.05) is 25.0 Å². The Morgan fingerprint density at radius 3 is 2.62 bits per heavy atom. The number of rotatable bonds is 6. The molecule has 4 heterocycles. The zero-order valence-corrected chi connectivity index (χ0v) is 20.0. The van der Waals surface area contributed by atoms with E-state index in [9.17, 15) is 18.0 Å². The molecule has 1 amide bonds. The van der Waals surface area contributed by atoms with Gasteiger partial charge in [-0.25, -0.2) is 15.0 Å². The van der Waals surface area contributed by atoms with E-state index in [1.165, 1.54) is 17.5 Å². The van der Waals surface area contributed by atoms with Crippen LogP contribution in [-0.2, 0) is 4.84 Å². The maximum Gasteiger partial charge on any atom is 0.425 e. The maximum atomic E-state index is 12.7. The second-order valence-electron chi connectivity index (χ2n) is 7.58. The molecule has 0 atom stereocenters. The molecule has 0 spiro atoms. The Balaban J connectivity index is 1.31. The lowest BCUT2D eigenvalue weighted by atomic mass is 10.1. The van der Waals surface area contributed by atoms with Gasteiger partial charge in [-0.1, -0.05) is 5.16 Å². The minimum atomic E-state index is -4.42. The number of nitrogens with zero attached hydrogens (tertiary/aromatic N) is 5. The number of aromatic nitrogens is 3. The first-order valence-electron chi connectivity index (χ1n) is 10.3. The summed E-state index contributed by atoms with van der Waals surface area (Å²) in [6, 6.07) is 3.39. The lowest BCUT2D eigenvalue weighted by Crippen LogP contribution is -2.38. The van der Waals surface area contributed by atoms with Gasteiger partial charge in [0.2, 0.25) is 6.61 Å². The van der Waals surface area contributed by atoms with Crippen molar-refractivity contribution in [3.05, 3.63) is 40.0 Å². The first kappa shape index (κ1) is 24.1. The van der Waals surface area contributed by atoms with E-state index in [1.807, 2.05) is 19.2 Å². The molecule has 0 aliphatic carbocycles. The van der Waals surface area contributed by atoms with Crippen LogP contribution < -0.4 is 5.32 Å². The number of halogens is 3. The molecule has 34 heavy (non-hydrogen) atoms. The molecule has 13 heteroatoms. The van der Waals surface area contributed by atoms with Crippen molar-refractivity contribution < 1.29 is 22.8 Å². The molecule has 1 aliphatic rings. The Morgan fingerprint density at radius 1 is 1.24 bits per heavy atom. The fourth-order valence-corrected chi connectivity index (χ4v) is 5.01. The molecule has 0 bridgehead atoms. The van der Waals surface area contributed by atoms with E-state index in [1.54, 1.807) is 28.4 Å². The van der Waals surface area contributed by atoms with Crippen molar-refractivity contribution in [3.8, 4) is 10.6 Å². The Hall–Kier alpha value is -3.06. The van der Waals surface area contributed by atoms with Gasteiger partial charge in [-0.15, -0.1) is 22.7 Å². The second kappa shape index (κ2) is 10.1. The minimum absolute atomic E-state index is 0.193. The van der Waals surface area contributed by atoms with E-state index >= 15 is 0 Å². The van der Waals surface area contributed by atoms with Crippen molar-refractivity contribution in [3.63, 3.8) is 0 Å². The molecule has 4 rings (SSSR count). The fourth-order valence-electron chi connectivity index (χ4n) is 3.35. The Morgan fingerprint density at radius 2 is 2.00 bits per heavy atom. The molecule has 3 aromatic rings. The normalized spacial score (nSPS) is 14.3. The van der Waals surface area contributed by atoms with Gasteiger partial charge in [0.25, 0.3) is 5.91 Å². The van der Waals surface area contributed by atoms with Gasteiger partial charge >= 0.3 is 6.18 Å². The van der Waals surface area contributed by atoms with Crippen LogP contribution in [0, 0.1) is 13.8 Å². The smallest absolute Gasteiger partial charge is 0.386 e. The Kier molecular flexibility index (Phi) is 7.12. The highest BCUT2D eigenvalue weighted by molar-refractivity contribution is 7.16. The summed E-state index contributed by atoms with van der Waals surface area (Å²) in [5.41, 5.74) is 2.75. The Labute approximate surface area is 201 Å². The van der Waals surface area contributed by atoms with E-state index < -0.39 is 12.8 Å². The van der Waals surface area contributed by atoms with Crippen molar-refractivity contribution in [1.82, 2.24) is 19.9 Å². The number of pyridine rings is 1. The summed E-state index contributed by atoms with van der Waals surface area (Å²) >= 11 is 3.05. The summed E-state index contributed by atoms with van der Waals surface area (Å²) in [6.07, 6.45) is -2.20. The molecule has 3 aromatic heterocycles. The number of likely N-dealkylation sites (tertiary alicyclic amines) is 1. The zero-order chi connectivity index (χ0) is 24.3. The van der Waals surface area contributed by atoms with Gasteiger partial charge in [-0.2, -0.15) is 13.2 Å². The number of carbonyl (C=O) groups excluding carboxylic acids is 1. The molecule has 8 nitrogen and oxygen atoms in total. The largest absolute Gasteiger partial charge is 0.425 e. The van der Waals surface area contributed by atoms with Gasteiger partial charge < -0.3 is 15.1 Å². The van der Waals surface area contributed by atoms with Crippen LogP contribution in [0.5, 0.6) is 0 Å². The second-order valence-corrected chi connectivity index (χ2v) is 9.64. The third-order valence-corrected chi connectivity index (χ3v) is 6.79. The highest BCUT2D eigenvalue weighted by atomic mass is 32.1. The number of piperidine rings is 1. The number of hydrogen-bond donors (Lipinski definition) is 1. The van der Waals surface area contributed by atoms with Crippen molar-refractivity contribution in [2.45, 2.75) is 32.9 Å². The van der Waals surface area contributed by atoms with Gasteiger partial charge in [0.1, 0.15) is 5.82 Å². The molecule has 1 aliphatic heterocycles. The van der Waals surface area contributed by atoms with Gasteiger partial charge in [-0.3, -0.25) is 4.79 Å². The summed E-state index contributed by atoms with van der Waals surface area (Å²) < 4.78 is 36.4. The molecule has 1 fully saturated rings. The van der Waals surface area contributed by atoms with Crippen molar-refractivity contribution in [1.29, 1.82) is 0 Å². The summed E-state index contributed by atoms with van der Waals surface area (Å²) in [7, 11) is 0. The number of anilines is 2. The lowest BCUT2D eigenvalue weighted by molar-refractivity contribution is -0.173. The van der Waals surface area contributed by atoms with Crippen LogP contribution in [0.25, 0.3) is 10.6 Å². The van der Waals surface area contributed by atoms with E-state index in [0.29, 0.717) is 48.2 Å². The highest BCUT2D eigenvalue weighted by Gasteiger charge is 2.29. The molecule has 0 radical (unpaired) electrons. The third-order valence-electron chi connectivity index (χ3n) is 4.94. The average molecular weight is 511 g/mol. The van der Waals surface area contributed by atoms with Crippen LogP contribution in [0.4, 0.5) is 24.1 Å². The summed E-state index contributed by atoms with van der Waals surface area (Å²) in [6.45, 7) is 3.21. The van der Waals surface area contributed by atoms with Crippen LogP contribution in [0.3, 0.4) is 0 Å². The number of hydrogen-bond acceptors (Lipinski definition) is 9. The minimum Gasteiger partial charge on any atom is -0.386 e. The number of aryl methyl sites for hydroxylation is 2. The number of carbonyl (C=O) groups is 1. The number of amides is 1. The monoisotopic (exact) mass is 510 g/mol. The number of nitrogens with one attached hydrogen (secondary N) is 1. The third kappa shape index (κ3) is 6.08. The maximum absolute atomic E-state index is 12.7. The van der Waals surface area contributed by atoms with Crippen LogP contribution in [0.2, 0.25) is 0 Å². The molecule has 180 valence electrons. The topological polar surface area (TPSA) is 92.6 Å². The summed E-state index contributed by atoms with van der Waals surface area (Å²) in [4.78, 5) is 33.1. The number of thiazole rings is 2. The fraction of sp³-hybridized carbons (Fsp3) is 0.381. The lowest BCUT2D eigenvalue weighted by Gasteiger charge is -2.27. The van der Waals surface area contributed by atoms with E-state index in [-0.39, 0.29) is 5.91 Å². The van der Waals surface area contributed by atoms with E-state index in [2.05, 4.69) is 30.3 Å². The average Bonchev–Trinajstić information content (AvgIpc) is 3.38.